The quantitative estimate of drug-likeness (QED) is 0.317. The summed E-state index contributed by atoms with van der Waals surface area (Å²) in [6.45, 7) is 5.01. The number of nitrogens with one attached hydrogen (secondary N) is 1. The lowest BCUT2D eigenvalue weighted by Gasteiger charge is -2.43. The van der Waals surface area contributed by atoms with Gasteiger partial charge in [-0.15, -0.1) is 0 Å². The minimum absolute atomic E-state index is 0.380. The zero-order chi connectivity index (χ0) is 23.1. The van der Waals surface area contributed by atoms with Gasteiger partial charge in [-0.1, -0.05) is 60.6 Å². The summed E-state index contributed by atoms with van der Waals surface area (Å²) >= 11 is 5.95. The van der Waals surface area contributed by atoms with Gasteiger partial charge in [-0.2, -0.15) is 4.89 Å². The molecular weight excluding hydrogens is 446 g/mol. The molecule has 0 bridgehead atoms. The highest BCUT2D eigenvalue weighted by Crippen LogP contribution is 2.44. The lowest BCUT2D eigenvalue weighted by atomic mass is 9.75. The Labute approximate surface area is 205 Å². The van der Waals surface area contributed by atoms with Crippen molar-refractivity contribution in [3.8, 4) is 11.1 Å². The molecule has 34 heavy (non-hydrogen) atoms. The van der Waals surface area contributed by atoms with Crippen molar-refractivity contribution >= 4 is 22.9 Å². The van der Waals surface area contributed by atoms with E-state index < -0.39 is 6.41 Å². The van der Waals surface area contributed by atoms with E-state index in [0.29, 0.717) is 17.5 Å². The molecule has 0 amide bonds. The van der Waals surface area contributed by atoms with Gasteiger partial charge in [-0.3, -0.25) is 0 Å². The zero-order valence-corrected chi connectivity index (χ0v) is 19.8. The van der Waals surface area contributed by atoms with Crippen LogP contribution in [-0.4, -0.2) is 18.6 Å². The smallest absolute Gasteiger partial charge is 0.268 e. The van der Waals surface area contributed by atoms with E-state index in [9.17, 15) is 0 Å². The first-order valence-corrected chi connectivity index (χ1v) is 12.3. The fourth-order valence-electron chi connectivity index (χ4n) is 5.47. The molecule has 1 heterocycles. The number of rotatable bonds is 4. The van der Waals surface area contributed by atoms with Crippen LogP contribution in [0.5, 0.6) is 0 Å². The van der Waals surface area contributed by atoms with Crippen molar-refractivity contribution in [1.82, 2.24) is 0 Å². The molecule has 1 saturated heterocycles. The van der Waals surface area contributed by atoms with Crippen molar-refractivity contribution < 1.29 is 14.5 Å². The Hall–Kier alpha value is -2.63. The minimum atomic E-state index is -0.630. The van der Waals surface area contributed by atoms with Gasteiger partial charge in [-0.05, 0) is 95.7 Å². The molecule has 174 valence electrons. The fraction of sp³-hybridized carbons (Fsp3) is 0.310. The second kappa shape index (κ2) is 8.86. The first-order valence-electron chi connectivity index (χ1n) is 12.0. The SMILES string of the molecule is C=C(c1ccc2c(c1)Cc1ccccc1-2)C1CCC2(CC1)COC(Nc1ccc(Cl)cc1)OO2. The maximum absolute atomic E-state index is 5.95. The Kier molecular flexibility index (Phi) is 5.70. The van der Waals surface area contributed by atoms with Gasteiger partial charge in [0.25, 0.3) is 6.41 Å². The number of hydrogen-bond donors (Lipinski definition) is 1. The Morgan fingerprint density at radius 2 is 1.71 bits per heavy atom. The molecule has 2 aliphatic carbocycles. The topological polar surface area (TPSA) is 39.7 Å². The van der Waals surface area contributed by atoms with Crippen molar-refractivity contribution in [2.75, 3.05) is 11.9 Å². The summed E-state index contributed by atoms with van der Waals surface area (Å²) in [7, 11) is 0. The van der Waals surface area contributed by atoms with Crippen LogP contribution in [0.4, 0.5) is 5.69 Å². The summed E-state index contributed by atoms with van der Waals surface area (Å²) in [5, 5.41) is 3.85. The highest BCUT2D eigenvalue weighted by Gasteiger charge is 2.43. The maximum Gasteiger partial charge on any atom is 0.268 e. The lowest BCUT2D eigenvalue weighted by Crippen LogP contribution is -2.49. The minimum Gasteiger partial charge on any atom is -0.335 e. The van der Waals surface area contributed by atoms with Gasteiger partial charge < -0.3 is 10.1 Å². The Morgan fingerprint density at radius 3 is 2.47 bits per heavy atom. The third-order valence-corrected chi connectivity index (χ3v) is 7.74. The molecule has 1 spiro atoms. The van der Waals surface area contributed by atoms with Gasteiger partial charge in [0, 0.05) is 10.7 Å². The summed E-state index contributed by atoms with van der Waals surface area (Å²) in [6.07, 6.45) is 4.18. The molecule has 2 fully saturated rings. The van der Waals surface area contributed by atoms with Crippen molar-refractivity contribution in [2.45, 2.75) is 44.1 Å². The van der Waals surface area contributed by atoms with Crippen LogP contribution < -0.4 is 5.32 Å². The van der Waals surface area contributed by atoms with Gasteiger partial charge in [0.2, 0.25) is 0 Å². The maximum atomic E-state index is 5.95. The average Bonchev–Trinajstić information content (AvgIpc) is 3.25. The third-order valence-electron chi connectivity index (χ3n) is 7.49. The standard InChI is InChI=1S/C29H28ClNO3/c1-19(21-6-11-27-23(16-21)17-22-4-2-3-5-26(22)27)20-12-14-29(15-13-20)18-32-28(33-34-29)31-25-9-7-24(30)8-10-25/h2-11,16,20,28,31H,1,12-15,17-18H2. The second-order valence-electron chi connectivity index (χ2n) is 9.66. The number of benzene rings is 3. The van der Waals surface area contributed by atoms with Crippen LogP contribution in [-0.2, 0) is 20.9 Å². The number of halogens is 1. The predicted molar refractivity (Wildman–Crippen MR) is 135 cm³/mol. The number of fused-ring (bicyclic) bond motifs is 3. The Bertz CT molecular complexity index is 1200. The van der Waals surface area contributed by atoms with Crippen LogP contribution in [0.1, 0.15) is 42.4 Å². The molecule has 3 aromatic rings. The molecular formula is C29H28ClNO3. The monoisotopic (exact) mass is 473 g/mol. The van der Waals surface area contributed by atoms with Crippen LogP contribution >= 0.6 is 11.6 Å². The van der Waals surface area contributed by atoms with E-state index in [1.165, 1.54) is 33.4 Å². The summed E-state index contributed by atoms with van der Waals surface area (Å²) < 4.78 is 5.95. The first kappa shape index (κ1) is 21.9. The van der Waals surface area contributed by atoms with Crippen molar-refractivity contribution in [1.29, 1.82) is 0 Å². The molecule has 1 N–H and O–H groups in total. The van der Waals surface area contributed by atoms with Crippen LogP contribution in [0.2, 0.25) is 5.02 Å². The van der Waals surface area contributed by atoms with Gasteiger partial charge in [0.15, 0.2) is 0 Å². The van der Waals surface area contributed by atoms with Crippen molar-refractivity contribution in [2.24, 2.45) is 5.92 Å². The van der Waals surface area contributed by atoms with E-state index >= 15 is 0 Å². The molecule has 0 aromatic heterocycles. The highest BCUT2D eigenvalue weighted by molar-refractivity contribution is 6.30. The predicted octanol–water partition coefficient (Wildman–Crippen LogP) is 7.23. The van der Waals surface area contributed by atoms with Crippen LogP contribution in [0.15, 0.2) is 73.3 Å². The van der Waals surface area contributed by atoms with E-state index in [0.717, 1.165) is 37.8 Å². The molecule has 1 atom stereocenters. The summed E-state index contributed by atoms with van der Waals surface area (Å²) in [6, 6.07) is 23.0. The molecule has 0 radical (unpaired) electrons. The number of anilines is 1. The largest absolute Gasteiger partial charge is 0.335 e. The number of ether oxygens (including phenoxy) is 1. The van der Waals surface area contributed by atoms with Crippen LogP contribution in [0.3, 0.4) is 0 Å². The Morgan fingerprint density at radius 1 is 0.941 bits per heavy atom. The molecule has 3 aliphatic rings. The van der Waals surface area contributed by atoms with E-state index in [1.807, 2.05) is 24.3 Å². The van der Waals surface area contributed by atoms with E-state index in [2.05, 4.69) is 54.4 Å². The van der Waals surface area contributed by atoms with E-state index in [4.69, 9.17) is 26.1 Å². The van der Waals surface area contributed by atoms with Crippen LogP contribution in [0, 0.1) is 5.92 Å². The van der Waals surface area contributed by atoms with Crippen LogP contribution in [0.25, 0.3) is 16.7 Å². The zero-order valence-electron chi connectivity index (χ0n) is 19.1. The normalized spacial score (nSPS) is 25.6. The number of hydrogen-bond acceptors (Lipinski definition) is 4. The molecule has 1 unspecified atom stereocenters. The summed E-state index contributed by atoms with van der Waals surface area (Å²) in [5.74, 6) is 0.445. The molecule has 6 rings (SSSR count). The van der Waals surface area contributed by atoms with Crippen molar-refractivity contribution in [3.63, 3.8) is 0 Å². The van der Waals surface area contributed by atoms with E-state index in [1.54, 1.807) is 0 Å². The van der Waals surface area contributed by atoms with Gasteiger partial charge >= 0.3 is 0 Å². The fourth-order valence-corrected chi connectivity index (χ4v) is 5.60. The second-order valence-corrected chi connectivity index (χ2v) is 10.1. The molecule has 1 saturated carbocycles. The molecule has 5 heteroatoms. The van der Waals surface area contributed by atoms with Gasteiger partial charge in [-0.25, -0.2) is 4.89 Å². The molecule has 4 nitrogen and oxygen atoms in total. The highest BCUT2D eigenvalue weighted by atomic mass is 35.5. The van der Waals surface area contributed by atoms with Crippen molar-refractivity contribution in [3.05, 3.63) is 95.0 Å². The molecule has 3 aromatic carbocycles. The summed E-state index contributed by atoms with van der Waals surface area (Å²) in [5.41, 5.74) is 8.53. The third kappa shape index (κ3) is 4.16. The Balaban J connectivity index is 1.05. The lowest BCUT2D eigenvalue weighted by molar-refractivity contribution is -0.468. The number of allylic oxidation sites excluding steroid dienone is 1. The average molecular weight is 474 g/mol. The molecule has 1 aliphatic heterocycles. The van der Waals surface area contributed by atoms with Gasteiger partial charge in [0.1, 0.15) is 5.60 Å². The summed E-state index contributed by atoms with van der Waals surface area (Å²) in [4.78, 5) is 11.5. The first-order chi connectivity index (χ1) is 16.6. The van der Waals surface area contributed by atoms with Gasteiger partial charge in [0.05, 0.1) is 6.61 Å². The van der Waals surface area contributed by atoms with E-state index in [-0.39, 0.29) is 5.60 Å².